The average Bonchev–Trinajstić information content (AvgIpc) is 3.12. The summed E-state index contributed by atoms with van der Waals surface area (Å²) < 4.78 is 19.8. The van der Waals surface area contributed by atoms with Crippen molar-refractivity contribution in [3.05, 3.63) is 51.1 Å². The van der Waals surface area contributed by atoms with E-state index in [1.54, 1.807) is 11.3 Å². The maximum absolute atomic E-state index is 12.7. The van der Waals surface area contributed by atoms with Gasteiger partial charge in [0.2, 0.25) is 0 Å². The number of nitrogens with two attached hydrogens (primary N) is 1. The van der Waals surface area contributed by atoms with Crippen molar-refractivity contribution in [2.75, 3.05) is 6.61 Å². The second kappa shape index (κ2) is 7.55. The molecule has 2 N–H and O–H groups in total. The van der Waals surface area contributed by atoms with Gasteiger partial charge in [0.25, 0.3) is 0 Å². The molecule has 1 amide bonds. The number of hydrogen-bond donors (Lipinski definition) is 1. The van der Waals surface area contributed by atoms with Crippen LogP contribution in [0.3, 0.4) is 0 Å². The SMILES string of the molecule is NC(=O)OCC(=CF)Cn1ncn(CCc2cccs2)c1=O. The summed E-state index contributed by atoms with van der Waals surface area (Å²) in [5.74, 6) is 0. The number of carbonyl (C=O) groups excluding carboxylic acids is 1. The van der Waals surface area contributed by atoms with Crippen LogP contribution < -0.4 is 11.4 Å². The second-order valence-electron chi connectivity index (χ2n) is 4.47. The summed E-state index contributed by atoms with van der Waals surface area (Å²) in [4.78, 5) is 23.8. The molecule has 0 atom stereocenters. The van der Waals surface area contributed by atoms with Gasteiger partial charge < -0.3 is 10.5 Å². The molecule has 2 rings (SSSR count). The van der Waals surface area contributed by atoms with E-state index < -0.39 is 6.09 Å². The normalized spacial score (nSPS) is 11.6. The molecule has 9 heteroatoms. The zero-order valence-corrected chi connectivity index (χ0v) is 12.5. The van der Waals surface area contributed by atoms with Crippen LogP contribution in [0.5, 0.6) is 0 Å². The predicted octanol–water partition coefficient (Wildman–Crippen LogP) is 1.30. The number of amides is 1. The highest BCUT2D eigenvalue weighted by Gasteiger charge is 2.09. The number of halogens is 1. The largest absolute Gasteiger partial charge is 0.445 e. The first-order valence-corrected chi connectivity index (χ1v) is 7.33. The molecular formula is C13H15FN4O3S. The van der Waals surface area contributed by atoms with E-state index in [9.17, 15) is 14.0 Å². The van der Waals surface area contributed by atoms with Crippen molar-refractivity contribution in [2.45, 2.75) is 19.5 Å². The maximum Gasteiger partial charge on any atom is 0.404 e. The van der Waals surface area contributed by atoms with Gasteiger partial charge in [-0.2, -0.15) is 5.10 Å². The van der Waals surface area contributed by atoms with E-state index in [0.717, 1.165) is 11.1 Å². The molecular weight excluding hydrogens is 311 g/mol. The Bertz CT molecular complexity index is 705. The monoisotopic (exact) mass is 326 g/mol. The summed E-state index contributed by atoms with van der Waals surface area (Å²) in [5, 5.41) is 5.89. The van der Waals surface area contributed by atoms with Gasteiger partial charge in [-0.1, -0.05) is 6.07 Å². The summed E-state index contributed by atoms with van der Waals surface area (Å²) in [6, 6.07) is 3.94. The predicted molar refractivity (Wildman–Crippen MR) is 79.2 cm³/mol. The number of primary amides is 1. The van der Waals surface area contributed by atoms with Gasteiger partial charge in [-0.15, -0.1) is 11.3 Å². The van der Waals surface area contributed by atoms with Crippen molar-refractivity contribution in [1.29, 1.82) is 0 Å². The Kier molecular flexibility index (Phi) is 5.48. The first-order chi connectivity index (χ1) is 10.6. The van der Waals surface area contributed by atoms with Crippen LogP contribution in [0.25, 0.3) is 0 Å². The lowest BCUT2D eigenvalue weighted by Crippen LogP contribution is -2.27. The van der Waals surface area contributed by atoms with E-state index in [1.165, 1.54) is 15.8 Å². The third kappa shape index (κ3) is 4.29. The molecule has 0 bridgehead atoms. The topological polar surface area (TPSA) is 92.1 Å². The van der Waals surface area contributed by atoms with Crippen molar-refractivity contribution in [3.63, 3.8) is 0 Å². The quantitative estimate of drug-likeness (QED) is 0.830. The van der Waals surface area contributed by atoms with Crippen LogP contribution >= 0.6 is 11.3 Å². The van der Waals surface area contributed by atoms with E-state index in [4.69, 9.17) is 5.73 Å². The maximum atomic E-state index is 12.7. The number of aryl methyl sites for hydroxylation is 2. The molecule has 0 radical (unpaired) electrons. The summed E-state index contributed by atoms with van der Waals surface area (Å²) >= 11 is 1.62. The second-order valence-corrected chi connectivity index (χ2v) is 5.50. The lowest BCUT2D eigenvalue weighted by Gasteiger charge is -2.05. The van der Waals surface area contributed by atoms with Gasteiger partial charge in [-0.25, -0.2) is 18.7 Å². The Morgan fingerprint density at radius 3 is 3.00 bits per heavy atom. The van der Waals surface area contributed by atoms with Crippen LogP contribution in [0.2, 0.25) is 0 Å². The number of ether oxygens (including phenoxy) is 1. The Balaban J connectivity index is 1.97. The third-order valence-electron chi connectivity index (χ3n) is 2.88. The Labute approximate surface area is 129 Å². The van der Waals surface area contributed by atoms with Gasteiger partial charge in [0.05, 0.1) is 12.9 Å². The average molecular weight is 326 g/mol. The van der Waals surface area contributed by atoms with Crippen molar-refractivity contribution < 1.29 is 13.9 Å². The highest BCUT2D eigenvalue weighted by atomic mass is 32.1. The fourth-order valence-corrected chi connectivity index (χ4v) is 2.49. The Hall–Kier alpha value is -2.42. The van der Waals surface area contributed by atoms with Gasteiger partial charge in [0.1, 0.15) is 12.9 Å². The lowest BCUT2D eigenvalue weighted by molar-refractivity contribution is 0.164. The number of hydrogen-bond acceptors (Lipinski definition) is 5. The number of rotatable bonds is 7. The molecule has 0 aliphatic heterocycles. The van der Waals surface area contributed by atoms with Crippen LogP contribution in [0, 0.1) is 0 Å². The zero-order chi connectivity index (χ0) is 15.9. The van der Waals surface area contributed by atoms with E-state index in [1.807, 2.05) is 17.5 Å². The van der Waals surface area contributed by atoms with Gasteiger partial charge >= 0.3 is 11.8 Å². The first-order valence-electron chi connectivity index (χ1n) is 6.45. The molecule has 22 heavy (non-hydrogen) atoms. The van der Waals surface area contributed by atoms with Gasteiger partial charge in [0, 0.05) is 17.0 Å². The van der Waals surface area contributed by atoms with Crippen LogP contribution in [-0.2, 0) is 24.2 Å². The molecule has 0 unspecified atom stereocenters. The van der Waals surface area contributed by atoms with E-state index in [-0.39, 0.29) is 30.7 Å². The zero-order valence-electron chi connectivity index (χ0n) is 11.6. The van der Waals surface area contributed by atoms with Crippen molar-refractivity contribution in [2.24, 2.45) is 5.73 Å². The van der Waals surface area contributed by atoms with Crippen molar-refractivity contribution >= 4 is 17.4 Å². The minimum atomic E-state index is -1.01. The molecule has 0 aliphatic rings. The highest BCUT2D eigenvalue weighted by Crippen LogP contribution is 2.09. The summed E-state index contributed by atoms with van der Waals surface area (Å²) in [6.45, 7) is 0.0702. The minimum absolute atomic E-state index is 0.0874. The molecule has 118 valence electrons. The van der Waals surface area contributed by atoms with Crippen LogP contribution in [-0.4, -0.2) is 27.0 Å². The van der Waals surface area contributed by atoms with E-state index in [0.29, 0.717) is 6.54 Å². The van der Waals surface area contributed by atoms with Gasteiger partial charge in [-0.05, 0) is 17.9 Å². The van der Waals surface area contributed by atoms with Crippen LogP contribution in [0.1, 0.15) is 4.88 Å². The van der Waals surface area contributed by atoms with Gasteiger partial charge in [0.15, 0.2) is 0 Å². The van der Waals surface area contributed by atoms with Gasteiger partial charge in [-0.3, -0.25) is 4.57 Å². The number of nitrogens with zero attached hydrogens (tertiary/aromatic N) is 3. The number of thiophene rings is 1. The fourth-order valence-electron chi connectivity index (χ4n) is 1.79. The van der Waals surface area contributed by atoms with Crippen molar-refractivity contribution in [3.8, 4) is 0 Å². The molecule has 0 fully saturated rings. The first kappa shape index (κ1) is 16.0. The third-order valence-corrected chi connectivity index (χ3v) is 3.82. The molecule has 0 spiro atoms. The smallest absolute Gasteiger partial charge is 0.404 e. The summed E-state index contributed by atoms with van der Waals surface area (Å²) in [6.07, 6.45) is 1.40. The van der Waals surface area contributed by atoms with E-state index in [2.05, 4.69) is 9.84 Å². The molecule has 2 aromatic rings. The molecule has 7 nitrogen and oxygen atoms in total. The number of carbonyl (C=O) groups is 1. The molecule has 0 aromatic carbocycles. The summed E-state index contributed by atoms with van der Waals surface area (Å²) in [7, 11) is 0. The fraction of sp³-hybridized carbons (Fsp3) is 0.308. The van der Waals surface area contributed by atoms with E-state index >= 15 is 0 Å². The molecule has 0 saturated heterocycles. The number of aromatic nitrogens is 3. The Morgan fingerprint density at radius 1 is 1.55 bits per heavy atom. The minimum Gasteiger partial charge on any atom is -0.445 e. The van der Waals surface area contributed by atoms with Crippen LogP contribution in [0.15, 0.2) is 40.5 Å². The van der Waals surface area contributed by atoms with Crippen molar-refractivity contribution in [1.82, 2.24) is 14.3 Å². The molecule has 0 aliphatic carbocycles. The Morgan fingerprint density at radius 2 is 2.36 bits per heavy atom. The molecule has 2 heterocycles. The highest BCUT2D eigenvalue weighted by molar-refractivity contribution is 7.09. The molecule has 2 aromatic heterocycles. The molecule has 0 saturated carbocycles. The van der Waals surface area contributed by atoms with Crippen LogP contribution in [0.4, 0.5) is 9.18 Å². The lowest BCUT2D eigenvalue weighted by atomic mass is 10.3. The summed E-state index contributed by atoms with van der Waals surface area (Å²) in [5.41, 5.74) is 4.55. The standard InChI is InChI=1S/C13H15FN4O3S/c14-6-10(8-21-12(15)19)7-18-13(20)17(9-16-18)4-3-11-2-1-5-22-11/h1-2,5-6,9H,3-4,7-8H2,(H2,15,19).